The lowest BCUT2D eigenvalue weighted by molar-refractivity contribution is -0.122. The quantitative estimate of drug-likeness (QED) is 0.881. The van der Waals surface area contributed by atoms with Crippen LogP contribution in [0, 0.1) is 0 Å². The average Bonchev–Trinajstić information content (AvgIpc) is 3.14. The minimum Gasteiger partial charge on any atom is -0.354 e. The molecule has 0 spiro atoms. The summed E-state index contributed by atoms with van der Waals surface area (Å²) in [5, 5.41) is 6.25. The summed E-state index contributed by atoms with van der Waals surface area (Å²) in [6, 6.07) is 8.54. The molecule has 3 rings (SSSR count). The first-order chi connectivity index (χ1) is 10.7. The minimum absolute atomic E-state index is 0. The van der Waals surface area contributed by atoms with Crippen LogP contribution in [0.5, 0.6) is 0 Å². The number of carbonyl (C=O) groups excluding carboxylic acids is 1. The van der Waals surface area contributed by atoms with Gasteiger partial charge >= 0.3 is 0 Å². The van der Waals surface area contributed by atoms with Gasteiger partial charge in [-0.3, -0.25) is 4.79 Å². The van der Waals surface area contributed by atoms with Gasteiger partial charge in [0, 0.05) is 19.0 Å². The van der Waals surface area contributed by atoms with Crippen LogP contribution in [0.25, 0.3) is 11.0 Å². The molecule has 1 aliphatic rings. The van der Waals surface area contributed by atoms with Gasteiger partial charge in [0.1, 0.15) is 5.82 Å². The maximum Gasteiger partial charge on any atom is 0.237 e. The van der Waals surface area contributed by atoms with Crippen molar-refractivity contribution in [3.8, 4) is 0 Å². The predicted octanol–water partition coefficient (Wildman–Crippen LogP) is 2.45. The number of hydrogen-bond donors (Lipinski definition) is 2. The molecule has 0 unspecified atom stereocenters. The van der Waals surface area contributed by atoms with Gasteiger partial charge in [0.2, 0.25) is 5.91 Å². The van der Waals surface area contributed by atoms with Crippen molar-refractivity contribution >= 4 is 29.3 Å². The van der Waals surface area contributed by atoms with E-state index in [-0.39, 0.29) is 24.4 Å². The molecule has 1 aromatic carbocycles. The van der Waals surface area contributed by atoms with Gasteiger partial charge in [-0.15, -0.1) is 12.4 Å². The molecule has 5 nitrogen and oxygen atoms in total. The first kappa shape index (κ1) is 17.8. The zero-order valence-corrected chi connectivity index (χ0v) is 14.5. The topological polar surface area (TPSA) is 59.0 Å². The van der Waals surface area contributed by atoms with Gasteiger partial charge in [-0.2, -0.15) is 0 Å². The van der Waals surface area contributed by atoms with E-state index in [0.29, 0.717) is 12.6 Å². The molecule has 0 radical (unpaired) electrons. The highest BCUT2D eigenvalue weighted by atomic mass is 35.5. The second-order valence-corrected chi connectivity index (χ2v) is 6.17. The second kappa shape index (κ2) is 7.79. The molecule has 126 valence electrons. The molecule has 1 saturated heterocycles. The number of nitrogens with one attached hydrogen (secondary N) is 2. The summed E-state index contributed by atoms with van der Waals surface area (Å²) < 4.78 is 2.26. The Balaban J connectivity index is 0.00000192. The highest BCUT2D eigenvalue weighted by Crippen LogP contribution is 2.21. The van der Waals surface area contributed by atoms with E-state index in [2.05, 4.69) is 35.1 Å². The second-order valence-electron chi connectivity index (χ2n) is 6.17. The summed E-state index contributed by atoms with van der Waals surface area (Å²) in [7, 11) is 0. The third-order valence-electron chi connectivity index (χ3n) is 4.21. The van der Waals surface area contributed by atoms with Gasteiger partial charge in [0.05, 0.1) is 17.1 Å². The average molecular weight is 337 g/mol. The largest absolute Gasteiger partial charge is 0.354 e. The Hall–Kier alpha value is -1.59. The number of imidazole rings is 1. The first-order valence-electron chi connectivity index (χ1n) is 8.14. The lowest BCUT2D eigenvalue weighted by Gasteiger charge is -2.14. The molecule has 0 bridgehead atoms. The van der Waals surface area contributed by atoms with Crippen LogP contribution in [-0.2, 0) is 11.2 Å². The molecular formula is C17H25ClN4O. The molecule has 0 aliphatic carbocycles. The number of amides is 1. The zero-order valence-electron chi connectivity index (χ0n) is 13.7. The normalized spacial score (nSPS) is 17.4. The Bertz CT molecular complexity index is 662. The molecular weight excluding hydrogens is 312 g/mol. The smallest absolute Gasteiger partial charge is 0.237 e. The highest BCUT2D eigenvalue weighted by molar-refractivity contribution is 5.85. The summed E-state index contributed by atoms with van der Waals surface area (Å²) in [5.41, 5.74) is 2.19. The van der Waals surface area contributed by atoms with Crippen LogP contribution in [0.1, 0.15) is 38.6 Å². The Labute approximate surface area is 143 Å². The van der Waals surface area contributed by atoms with Gasteiger partial charge in [-0.1, -0.05) is 12.1 Å². The number of carbonyl (C=O) groups is 1. The molecule has 1 aliphatic heterocycles. The van der Waals surface area contributed by atoms with Crippen LogP contribution in [-0.4, -0.2) is 34.6 Å². The van der Waals surface area contributed by atoms with E-state index in [1.165, 1.54) is 0 Å². The number of rotatable bonds is 5. The van der Waals surface area contributed by atoms with Gasteiger partial charge in [0.15, 0.2) is 0 Å². The molecule has 2 heterocycles. The van der Waals surface area contributed by atoms with Crippen LogP contribution in [0.2, 0.25) is 0 Å². The fraction of sp³-hybridized carbons (Fsp3) is 0.529. The molecule has 1 amide bonds. The number of para-hydroxylation sites is 2. The van der Waals surface area contributed by atoms with Crippen molar-refractivity contribution < 1.29 is 4.79 Å². The summed E-state index contributed by atoms with van der Waals surface area (Å²) in [5.74, 6) is 1.15. The molecule has 23 heavy (non-hydrogen) atoms. The Kier molecular flexibility index (Phi) is 6.02. The van der Waals surface area contributed by atoms with Crippen molar-refractivity contribution in [1.29, 1.82) is 0 Å². The van der Waals surface area contributed by atoms with Crippen molar-refractivity contribution in [2.75, 3.05) is 13.1 Å². The van der Waals surface area contributed by atoms with E-state index in [1.807, 2.05) is 18.2 Å². The summed E-state index contributed by atoms with van der Waals surface area (Å²) in [6.45, 7) is 5.91. The SMILES string of the molecule is CC(C)n1c(CCNC(=O)[C@@H]2CCCN2)nc2ccccc21.Cl. The van der Waals surface area contributed by atoms with Crippen LogP contribution in [0.15, 0.2) is 24.3 Å². The van der Waals surface area contributed by atoms with Gasteiger partial charge in [-0.05, 0) is 45.4 Å². The number of aromatic nitrogens is 2. The Morgan fingerprint density at radius 3 is 2.91 bits per heavy atom. The summed E-state index contributed by atoms with van der Waals surface area (Å²) in [4.78, 5) is 16.7. The predicted molar refractivity (Wildman–Crippen MR) is 95.1 cm³/mol. The van der Waals surface area contributed by atoms with Crippen molar-refractivity contribution in [2.45, 2.75) is 45.2 Å². The fourth-order valence-corrected chi connectivity index (χ4v) is 3.18. The lowest BCUT2D eigenvalue weighted by atomic mass is 10.2. The Morgan fingerprint density at radius 2 is 2.22 bits per heavy atom. The van der Waals surface area contributed by atoms with E-state index in [4.69, 9.17) is 4.98 Å². The fourth-order valence-electron chi connectivity index (χ4n) is 3.18. The Morgan fingerprint density at radius 1 is 1.43 bits per heavy atom. The molecule has 6 heteroatoms. The van der Waals surface area contributed by atoms with E-state index in [0.717, 1.165) is 42.7 Å². The van der Waals surface area contributed by atoms with Gasteiger partial charge in [-0.25, -0.2) is 4.98 Å². The maximum atomic E-state index is 12.0. The number of nitrogens with zero attached hydrogens (tertiary/aromatic N) is 2. The summed E-state index contributed by atoms with van der Waals surface area (Å²) in [6.07, 6.45) is 2.78. The van der Waals surface area contributed by atoms with E-state index < -0.39 is 0 Å². The van der Waals surface area contributed by atoms with E-state index >= 15 is 0 Å². The van der Waals surface area contributed by atoms with Crippen LogP contribution < -0.4 is 10.6 Å². The molecule has 2 aromatic rings. The number of fused-ring (bicyclic) bond motifs is 1. The van der Waals surface area contributed by atoms with Gasteiger partial charge < -0.3 is 15.2 Å². The van der Waals surface area contributed by atoms with E-state index in [1.54, 1.807) is 0 Å². The highest BCUT2D eigenvalue weighted by Gasteiger charge is 2.21. The molecule has 1 atom stereocenters. The summed E-state index contributed by atoms with van der Waals surface area (Å²) >= 11 is 0. The number of hydrogen-bond acceptors (Lipinski definition) is 3. The van der Waals surface area contributed by atoms with Crippen LogP contribution in [0.4, 0.5) is 0 Å². The van der Waals surface area contributed by atoms with Crippen molar-refractivity contribution in [1.82, 2.24) is 20.2 Å². The van der Waals surface area contributed by atoms with Crippen molar-refractivity contribution in [3.05, 3.63) is 30.1 Å². The van der Waals surface area contributed by atoms with Crippen molar-refractivity contribution in [2.24, 2.45) is 0 Å². The van der Waals surface area contributed by atoms with Crippen molar-refractivity contribution in [3.63, 3.8) is 0 Å². The molecule has 2 N–H and O–H groups in total. The molecule has 1 fully saturated rings. The molecule has 0 saturated carbocycles. The monoisotopic (exact) mass is 336 g/mol. The van der Waals surface area contributed by atoms with Gasteiger partial charge in [0.25, 0.3) is 0 Å². The zero-order chi connectivity index (χ0) is 15.5. The first-order valence-corrected chi connectivity index (χ1v) is 8.14. The number of halogens is 1. The maximum absolute atomic E-state index is 12.0. The van der Waals surface area contributed by atoms with E-state index in [9.17, 15) is 4.79 Å². The van der Waals surface area contributed by atoms with Crippen LogP contribution in [0.3, 0.4) is 0 Å². The third kappa shape index (κ3) is 3.85. The third-order valence-corrected chi connectivity index (χ3v) is 4.21. The minimum atomic E-state index is -0.0103. The van der Waals surface area contributed by atoms with Crippen LogP contribution >= 0.6 is 12.4 Å². The lowest BCUT2D eigenvalue weighted by Crippen LogP contribution is -2.41. The molecule has 1 aromatic heterocycles. The number of benzene rings is 1. The standard InChI is InChI=1S/C17H24N4O.ClH/c1-12(2)21-15-8-4-3-6-13(15)20-16(21)9-11-19-17(22)14-7-5-10-18-14;/h3-4,6,8,12,14,18H,5,7,9-11H2,1-2H3,(H,19,22);1H/t14-;/m0./s1.